The Hall–Kier alpha value is -0.0600. The molecule has 2 amide bonds. The maximum absolute atomic E-state index is 10.3. The summed E-state index contributed by atoms with van der Waals surface area (Å²) >= 11 is 0. The number of carbonyl (C=O) groups is 2. The second kappa shape index (κ2) is 11.0. The molecular formula is C9H18N2NaO2. The summed E-state index contributed by atoms with van der Waals surface area (Å²) in [6, 6.07) is 0. The summed E-state index contributed by atoms with van der Waals surface area (Å²) < 4.78 is 0. The molecule has 0 aromatic heterocycles. The van der Waals surface area contributed by atoms with Gasteiger partial charge in [0.1, 0.15) is 0 Å². The second-order valence-electron chi connectivity index (χ2n) is 3.20. The maximum atomic E-state index is 10.3. The Morgan fingerprint density at radius 3 is 1.29 bits per heavy atom. The maximum Gasteiger partial charge on any atom is 0.217 e. The number of hydrogen-bond donors (Lipinski definition) is 2. The van der Waals surface area contributed by atoms with E-state index in [4.69, 9.17) is 11.5 Å². The van der Waals surface area contributed by atoms with E-state index in [9.17, 15) is 9.59 Å². The first-order valence-corrected chi connectivity index (χ1v) is 4.69. The van der Waals surface area contributed by atoms with Crippen molar-refractivity contribution in [2.24, 2.45) is 11.5 Å². The number of primary amides is 2. The van der Waals surface area contributed by atoms with Crippen molar-refractivity contribution in [3.63, 3.8) is 0 Å². The molecule has 0 aliphatic rings. The Morgan fingerprint density at radius 2 is 1.00 bits per heavy atom. The third-order valence-corrected chi connectivity index (χ3v) is 1.85. The summed E-state index contributed by atoms with van der Waals surface area (Å²) in [5, 5.41) is 0. The van der Waals surface area contributed by atoms with E-state index < -0.39 is 0 Å². The van der Waals surface area contributed by atoms with Gasteiger partial charge in [-0.25, -0.2) is 0 Å². The minimum absolute atomic E-state index is 0. The molecule has 0 saturated carbocycles. The van der Waals surface area contributed by atoms with E-state index in [1.807, 2.05) is 0 Å². The molecule has 0 aromatic carbocycles. The van der Waals surface area contributed by atoms with Crippen LogP contribution in [0.2, 0.25) is 0 Å². The SMILES string of the molecule is NC(=O)CCCCCCCC(N)=O.[Na]. The third-order valence-electron chi connectivity index (χ3n) is 1.85. The minimum Gasteiger partial charge on any atom is -0.370 e. The quantitative estimate of drug-likeness (QED) is 0.445. The van der Waals surface area contributed by atoms with E-state index in [-0.39, 0.29) is 41.4 Å². The van der Waals surface area contributed by atoms with E-state index >= 15 is 0 Å². The van der Waals surface area contributed by atoms with Crippen molar-refractivity contribution in [3.8, 4) is 0 Å². The number of rotatable bonds is 8. The molecule has 0 atom stereocenters. The number of unbranched alkanes of at least 4 members (excludes halogenated alkanes) is 4. The van der Waals surface area contributed by atoms with Gasteiger partial charge in [-0.1, -0.05) is 19.3 Å². The smallest absolute Gasteiger partial charge is 0.217 e. The summed E-state index contributed by atoms with van der Waals surface area (Å²) in [5.74, 6) is -0.478. The summed E-state index contributed by atoms with van der Waals surface area (Å²) in [6.07, 6.45) is 5.69. The standard InChI is InChI=1S/C9H18N2O2.Na/c10-8(12)6-4-2-1-3-5-7-9(11)13;/h1-7H2,(H2,10,12)(H2,11,13);. The van der Waals surface area contributed by atoms with E-state index in [0.29, 0.717) is 12.8 Å². The molecule has 0 fully saturated rings. The molecule has 0 aliphatic carbocycles. The van der Waals surface area contributed by atoms with Gasteiger partial charge in [-0.3, -0.25) is 9.59 Å². The zero-order valence-corrected chi connectivity index (χ0v) is 10.9. The molecular weight excluding hydrogens is 191 g/mol. The number of hydrogen-bond acceptors (Lipinski definition) is 2. The molecule has 4 N–H and O–H groups in total. The van der Waals surface area contributed by atoms with Crippen LogP contribution in [0.3, 0.4) is 0 Å². The van der Waals surface area contributed by atoms with Crippen molar-refractivity contribution in [3.05, 3.63) is 0 Å². The van der Waals surface area contributed by atoms with Gasteiger partial charge < -0.3 is 11.5 Å². The fourth-order valence-electron chi connectivity index (χ4n) is 1.13. The molecule has 0 heterocycles. The van der Waals surface area contributed by atoms with Crippen LogP contribution in [0.25, 0.3) is 0 Å². The Morgan fingerprint density at radius 1 is 0.714 bits per heavy atom. The van der Waals surface area contributed by atoms with Crippen LogP contribution >= 0.6 is 0 Å². The van der Waals surface area contributed by atoms with Crippen molar-refractivity contribution >= 4 is 41.4 Å². The number of amides is 2. The van der Waals surface area contributed by atoms with Crippen LogP contribution in [0, 0.1) is 0 Å². The summed E-state index contributed by atoms with van der Waals surface area (Å²) in [5.41, 5.74) is 9.95. The van der Waals surface area contributed by atoms with Gasteiger partial charge in [-0.05, 0) is 12.8 Å². The van der Waals surface area contributed by atoms with Crippen LogP contribution in [0.15, 0.2) is 0 Å². The molecule has 1 radical (unpaired) electrons. The molecule has 0 aromatic rings. The first-order chi connectivity index (χ1) is 6.13. The van der Waals surface area contributed by atoms with Gasteiger partial charge in [0.25, 0.3) is 0 Å². The predicted octanol–water partition coefficient (Wildman–Crippen LogP) is 0.307. The molecule has 0 bridgehead atoms. The largest absolute Gasteiger partial charge is 0.370 e. The normalized spacial score (nSPS) is 9.14. The summed E-state index contributed by atoms with van der Waals surface area (Å²) in [6.45, 7) is 0. The molecule has 0 rings (SSSR count). The van der Waals surface area contributed by atoms with Crippen molar-refractivity contribution < 1.29 is 9.59 Å². The first-order valence-electron chi connectivity index (χ1n) is 4.69. The van der Waals surface area contributed by atoms with Crippen molar-refractivity contribution in [1.29, 1.82) is 0 Å². The third kappa shape index (κ3) is 14.5. The first kappa shape index (κ1) is 16.4. The van der Waals surface area contributed by atoms with Crippen LogP contribution in [0.4, 0.5) is 0 Å². The molecule has 0 spiro atoms. The van der Waals surface area contributed by atoms with Gasteiger partial charge in [-0.2, -0.15) is 0 Å². The van der Waals surface area contributed by atoms with E-state index in [1.54, 1.807) is 0 Å². The van der Waals surface area contributed by atoms with E-state index in [1.165, 1.54) is 0 Å². The Balaban J connectivity index is 0. The van der Waals surface area contributed by atoms with Crippen LogP contribution < -0.4 is 11.5 Å². The van der Waals surface area contributed by atoms with Crippen LogP contribution in [0.1, 0.15) is 44.9 Å². The van der Waals surface area contributed by atoms with Gasteiger partial charge in [0.2, 0.25) is 11.8 Å². The Labute approximate surface area is 107 Å². The van der Waals surface area contributed by atoms with Crippen molar-refractivity contribution in [2.75, 3.05) is 0 Å². The van der Waals surface area contributed by atoms with Crippen molar-refractivity contribution in [2.45, 2.75) is 44.9 Å². The van der Waals surface area contributed by atoms with Gasteiger partial charge in [0, 0.05) is 42.4 Å². The van der Waals surface area contributed by atoms with Gasteiger partial charge in [0.05, 0.1) is 0 Å². The molecule has 4 nitrogen and oxygen atoms in total. The van der Waals surface area contributed by atoms with Crippen LogP contribution in [-0.4, -0.2) is 41.4 Å². The second-order valence-corrected chi connectivity index (χ2v) is 3.20. The Kier molecular flexibility index (Phi) is 12.9. The monoisotopic (exact) mass is 209 g/mol. The Bertz CT molecular complexity index is 156. The summed E-state index contributed by atoms with van der Waals surface area (Å²) in [7, 11) is 0. The molecule has 0 unspecified atom stereocenters. The number of carbonyl (C=O) groups excluding carboxylic acids is 2. The number of nitrogens with two attached hydrogens (primary N) is 2. The molecule has 14 heavy (non-hydrogen) atoms. The molecule has 0 saturated heterocycles. The summed E-state index contributed by atoms with van der Waals surface area (Å²) in [4.78, 5) is 20.7. The van der Waals surface area contributed by atoms with E-state index in [0.717, 1.165) is 32.1 Å². The molecule has 5 heteroatoms. The molecule has 77 valence electrons. The molecule has 0 aliphatic heterocycles. The average molecular weight is 209 g/mol. The fraction of sp³-hybridized carbons (Fsp3) is 0.778. The van der Waals surface area contributed by atoms with Crippen molar-refractivity contribution in [1.82, 2.24) is 0 Å². The van der Waals surface area contributed by atoms with Gasteiger partial charge in [0.15, 0.2) is 0 Å². The fourth-order valence-corrected chi connectivity index (χ4v) is 1.13. The van der Waals surface area contributed by atoms with Gasteiger partial charge in [-0.15, -0.1) is 0 Å². The van der Waals surface area contributed by atoms with Gasteiger partial charge >= 0.3 is 0 Å². The van der Waals surface area contributed by atoms with Crippen LogP contribution in [0.5, 0.6) is 0 Å². The predicted molar refractivity (Wildman–Crippen MR) is 56.5 cm³/mol. The topological polar surface area (TPSA) is 86.2 Å². The zero-order valence-electron chi connectivity index (χ0n) is 8.92. The minimum atomic E-state index is -0.239. The van der Waals surface area contributed by atoms with E-state index in [2.05, 4.69) is 0 Å². The average Bonchev–Trinajstić information content (AvgIpc) is 2.01. The van der Waals surface area contributed by atoms with Crippen LogP contribution in [-0.2, 0) is 9.59 Å². The zero-order chi connectivity index (χ0) is 10.1.